The smallest absolute Gasteiger partial charge is 0.435 e. The Morgan fingerprint density at radius 2 is 2.00 bits per heavy atom. The summed E-state index contributed by atoms with van der Waals surface area (Å²) in [6.07, 6.45) is -4.54. The summed E-state index contributed by atoms with van der Waals surface area (Å²) < 4.78 is 50.8. The van der Waals surface area contributed by atoms with Gasteiger partial charge < -0.3 is 9.47 Å². The Labute approximate surface area is 171 Å². The molecule has 0 saturated carbocycles. The SMILES string of the molecule is CC(=O)Oc1c(C)sc2c(Cl)c(OCc3cc(C(F)(F)F)nn3C)cc(Cl)c12. The zero-order valence-corrected chi connectivity index (χ0v) is 17.1. The van der Waals surface area contributed by atoms with Gasteiger partial charge in [-0.25, -0.2) is 0 Å². The average Bonchev–Trinajstić information content (AvgIpc) is 3.10. The number of thiophene rings is 1. The Morgan fingerprint density at radius 3 is 2.57 bits per heavy atom. The van der Waals surface area contributed by atoms with E-state index in [1.54, 1.807) is 6.92 Å². The molecule has 3 rings (SSSR count). The summed E-state index contributed by atoms with van der Waals surface area (Å²) >= 11 is 14.0. The van der Waals surface area contributed by atoms with E-state index in [1.165, 1.54) is 31.4 Å². The van der Waals surface area contributed by atoms with Gasteiger partial charge in [0.1, 0.15) is 17.4 Å². The predicted octanol–water partition coefficient (Wildman–Crippen LogP) is 5.77. The summed E-state index contributed by atoms with van der Waals surface area (Å²) in [7, 11) is 1.39. The number of alkyl halides is 3. The van der Waals surface area contributed by atoms with Crippen LogP contribution in [0.5, 0.6) is 11.5 Å². The molecule has 0 atom stereocenters. The van der Waals surface area contributed by atoms with Crippen LogP contribution in [-0.2, 0) is 24.6 Å². The molecule has 150 valence electrons. The summed E-state index contributed by atoms with van der Waals surface area (Å²) in [5.41, 5.74) is -0.796. The molecule has 0 bridgehead atoms. The van der Waals surface area contributed by atoms with Gasteiger partial charge in [-0.3, -0.25) is 9.48 Å². The van der Waals surface area contributed by atoms with Crippen LogP contribution in [0.15, 0.2) is 12.1 Å². The van der Waals surface area contributed by atoms with E-state index in [4.69, 9.17) is 32.7 Å². The Kier molecular flexibility index (Phi) is 5.53. The third-order valence-corrected chi connectivity index (χ3v) is 5.72. The molecular formula is C17H13Cl2F3N2O3S. The molecule has 0 unspecified atom stereocenters. The van der Waals surface area contributed by atoms with E-state index in [1.807, 2.05) is 0 Å². The van der Waals surface area contributed by atoms with Crippen molar-refractivity contribution in [1.82, 2.24) is 9.78 Å². The molecule has 0 N–H and O–H groups in total. The number of benzene rings is 1. The number of fused-ring (bicyclic) bond motifs is 1. The van der Waals surface area contributed by atoms with Crippen molar-refractivity contribution in [2.45, 2.75) is 26.6 Å². The second kappa shape index (κ2) is 7.46. The second-order valence-electron chi connectivity index (χ2n) is 5.89. The molecular weight excluding hydrogens is 440 g/mol. The van der Waals surface area contributed by atoms with Gasteiger partial charge >= 0.3 is 12.1 Å². The lowest BCUT2D eigenvalue weighted by atomic mass is 10.2. The number of carbonyl (C=O) groups excluding carboxylic acids is 1. The monoisotopic (exact) mass is 452 g/mol. The van der Waals surface area contributed by atoms with Crippen LogP contribution >= 0.6 is 34.5 Å². The summed E-state index contributed by atoms with van der Waals surface area (Å²) in [6, 6.07) is 2.34. The number of aryl methyl sites for hydroxylation is 2. The molecule has 3 aromatic rings. The van der Waals surface area contributed by atoms with Crippen LogP contribution in [0.3, 0.4) is 0 Å². The number of hydrogen-bond donors (Lipinski definition) is 0. The molecule has 0 aliphatic rings. The largest absolute Gasteiger partial charge is 0.486 e. The number of esters is 1. The first-order valence-electron chi connectivity index (χ1n) is 7.81. The molecule has 2 heterocycles. The fourth-order valence-electron chi connectivity index (χ4n) is 2.57. The van der Waals surface area contributed by atoms with Gasteiger partial charge in [-0.1, -0.05) is 23.2 Å². The molecule has 0 saturated heterocycles. The number of halogens is 5. The van der Waals surface area contributed by atoms with Crippen LogP contribution in [0.1, 0.15) is 23.2 Å². The van der Waals surface area contributed by atoms with Gasteiger partial charge in [0.2, 0.25) is 0 Å². The second-order valence-corrected chi connectivity index (χ2v) is 7.90. The lowest BCUT2D eigenvalue weighted by molar-refractivity contribution is -0.141. The van der Waals surface area contributed by atoms with Crippen LogP contribution in [0.4, 0.5) is 13.2 Å². The van der Waals surface area contributed by atoms with Gasteiger partial charge in [-0.2, -0.15) is 18.3 Å². The highest BCUT2D eigenvalue weighted by Gasteiger charge is 2.34. The number of aromatic nitrogens is 2. The Balaban J connectivity index is 1.94. The molecule has 5 nitrogen and oxygen atoms in total. The van der Waals surface area contributed by atoms with Crippen LogP contribution in [0.25, 0.3) is 10.1 Å². The Hall–Kier alpha value is -1.97. The van der Waals surface area contributed by atoms with Gasteiger partial charge in [0.25, 0.3) is 0 Å². The van der Waals surface area contributed by atoms with Crippen LogP contribution in [-0.4, -0.2) is 15.7 Å². The normalized spacial score (nSPS) is 11.9. The third kappa shape index (κ3) is 3.92. The van der Waals surface area contributed by atoms with Gasteiger partial charge in [0.05, 0.1) is 20.8 Å². The van der Waals surface area contributed by atoms with Gasteiger partial charge in [-0.15, -0.1) is 11.3 Å². The van der Waals surface area contributed by atoms with Crippen LogP contribution in [0, 0.1) is 6.92 Å². The Morgan fingerprint density at radius 1 is 1.32 bits per heavy atom. The first kappa shape index (κ1) is 20.8. The van der Waals surface area contributed by atoms with Gasteiger partial charge in [-0.05, 0) is 13.0 Å². The maximum Gasteiger partial charge on any atom is 0.435 e. The summed E-state index contributed by atoms with van der Waals surface area (Å²) in [5.74, 6) is 0.0314. The van der Waals surface area contributed by atoms with E-state index >= 15 is 0 Å². The highest BCUT2D eigenvalue weighted by molar-refractivity contribution is 7.20. The zero-order valence-electron chi connectivity index (χ0n) is 14.8. The average molecular weight is 453 g/mol. The van der Waals surface area contributed by atoms with Gasteiger partial charge in [0, 0.05) is 24.9 Å². The van der Waals surface area contributed by atoms with Crippen molar-refractivity contribution in [3.05, 3.63) is 38.4 Å². The van der Waals surface area contributed by atoms with Crippen molar-refractivity contribution in [2.75, 3.05) is 0 Å². The van der Waals surface area contributed by atoms with E-state index in [2.05, 4.69) is 5.10 Å². The van der Waals surface area contributed by atoms with Crippen molar-refractivity contribution in [2.24, 2.45) is 7.05 Å². The van der Waals surface area contributed by atoms with Gasteiger partial charge in [0.15, 0.2) is 11.4 Å². The topological polar surface area (TPSA) is 53.4 Å². The highest BCUT2D eigenvalue weighted by Crippen LogP contribution is 2.48. The molecule has 11 heteroatoms. The van der Waals surface area contributed by atoms with E-state index in [0.29, 0.717) is 20.7 Å². The molecule has 0 amide bonds. The minimum atomic E-state index is -4.54. The number of rotatable bonds is 4. The van der Waals surface area contributed by atoms with Crippen molar-refractivity contribution in [3.63, 3.8) is 0 Å². The van der Waals surface area contributed by atoms with Crippen LogP contribution in [0.2, 0.25) is 10.0 Å². The van der Waals surface area contributed by atoms with Crippen molar-refractivity contribution >= 4 is 50.6 Å². The predicted molar refractivity (Wildman–Crippen MR) is 100 cm³/mol. The summed E-state index contributed by atoms with van der Waals surface area (Å²) in [6.45, 7) is 2.84. The molecule has 0 aliphatic carbocycles. The van der Waals surface area contributed by atoms with E-state index in [9.17, 15) is 18.0 Å². The maximum atomic E-state index is 12.8. The quantitative estimate of drug-likeness (QED) is 0.471. The molecule has 2 aromatic heterocycles. The number of carbonyl (C=O) groups is 1. The van der Waals surface area contributed by atoms with Crippen molar-refractivity contribution in [3.8, 4) is 11.5 Å². The van der Waals surface area contributed by atoms with E-state index in [-0.39, 0.29) is 28.1 Å². The molecule has 0 aliphatic heterocycles. The van der Waals surface area contributed by atoms with E-state index in [0.717, 1.165) is 10.7 Å². The minimum absolute atomic E-state index is 0.192. The molecule has 0 radical (unpaired) electrons. The molecule has 28 heavy (non-hydrogen) atoms. The fourth-order valence-corrected chi connectivity index (χ4v) is 4.26. The number of ether oxygens (including phenoxy) is 2. The highest BCUT2D eigenvalue weighted by atomic mass is 35.5. The van der Waals surface area contributed by atoms with Crippen LogP contribution < -0.4 is 9.47 Å². The fraction of sp³-hybridized carbons (Fsp3) is 0.294. The number of hydrogen-bond acceptors (Lipinski definition) is 5. The van der Waals surface area contributed by atoms with Crippen molar-refractivity contribution in [1.29, 1.82) is 0 Å². The molecule has 1 aromatic carbocycles. The summed E-state index contributed by atoms with van der Waals surface area (Å²) in [4.78, 5) is 12.0. The zero-order chi connectivity index (χ0) is 20.8. The molecule has 0 spiro atoms. The minimum Gasteiger partial charge on any atom is -0.486 e. The van der Waals surface area contributed by atoms with E-state index < -0.39 is 17.8 Å². The lowest BCUT2D eigenvalue weighted by Gasteiger charge is -2.10. The number of nitrogens with zero attached hydrogens (tertiary/aromatic N) is 2. The third-order valence-electron chi connectivity index (χ3n) is 3.83. The maximum absolute atomic E-state index is 12.8. The first-order chi connectivity index (χ1) is 13.0. The summed E-state index contributed by atoms with van der Waals surface area (Å²) in [5, 5.41) is 4.39. The first-order valence-corrected chi connectivity index (χ1v) is 9.38. The standard InChI is InChI=1S/C17H13Cl2F3N2O3S/c1-7-15(27-8(2)25)13-10(18)5-11(14(19)16(13)28-7)26-6-9-4-12(17(20,21)22)23-24(9)3/h4-5H,6H2,1-3H3. The lowest BCUT2D eigenvalue weighted by Crippen LogP contribution is -2.06. The Bertz CT molecular complexity index is 1080. The molecule has 0 fully saturated rings. The van der Waals surface area contributed by atoms with Crippen molar-refractivity contribution < 1.29 is 27.4 Å².